The number of halogens is 3. The number of nitrogens with zero attached hydrogens (tertiary/aromatic N) is 3. The van der Waals surface area contributed by atoms with Gasteiger partial charge in [0.25, 0.3) is 0 Å². The van der Waals surface area contributed by atoms with Crippen LogP contribution in [0.3, 0.4) is 0 Å². The molecule has 1 unspecified atom stereocenters. The Labute approximate surface area is 177 Å². The first-order valence-electron chi connectivity index (χ1n) is 7.10. The normalized spacial score (nSPS) is 12.6. The summed E-state index contributed by atoms with van der Waals surface area (Å²) in [5.41, 5.74) is 3.00. The van der Waals surface area contributed by atoms with Crippen molar-refractivity contribution < 1.29 is 20.4 Å². The molecule has 0 saturated heterocycles. The van der Waals surface area contributed by atoms with Gasteiger partial charge in [-0.15, -0.1) is 23.8 Å². The van der Waals surface area contributed by atoms with Gasteiger partial charge in [0, 0.05) is 29.3 Å². The van der Waals surface area contributed by atoms with Crippen LogP contribution in [0.25, 0.3) is 0 Å². The van der Waals surface area contributed by atoms with E-state index >= 15 is 0 Å². The monoisotopic (exact) mass is 559 g/mol. The third kappa shape index (κ3) is 6.45. The van der Waals surface area contributed by atoms with Crippen LogP contribution in [0.15, 0.2) is 38.3 Å². The van der Waals surface area contributed by atoms with Crippen molar-refractivity contribution in [2.75, 3.05) is 27.2 Å². The number of aromatic hydroxyl groups is 1. The van der Waals surface area contributed by atoms with Gasteiger partial charge in [0.2, 0.25) is 5.69 Å². The molecule has 26 heavy (non-hydrogen) atoms. The van der Waals surface area contributed by atoms with Gasteiger partial charge in [-0.3, -0.25) is 4.90 Å². The van der Waals surface area contributed by atoms with Crippen LogP contribution < -0.4 is 10.4 Å². The minimum atomic E-state index is -1.09. The van der Waals surface area contributed by atoms with Crippen molar-refractivity contribution in [2.45, 2.75) is 6.54 Å². The van der Waals surface area contributed by atoms with E-state index in [1.165, 1.54) is 7.05 Å². The molecule has 0 aromatic heterocycles. The molecule has 0 aliphatic rings. The van der Waals surface area contributed by atoms with Crippen LogP contribution in [-0.2, 0) is 11.5 Å². The number of nitrogens with one attached hydrogen (secondary N) is 1. The number of hydrogen-bond acceptors (Lipinski definition) is 7. The lowest BCUT2D eigenvalue weighted by Crippen LogP contribution is -2.45. The summed E-state index contributed by atoms with van der Waals surface area (Å²) in [4.78, 5) is 5.81. The number of benzene rings is 1. The number of hydrazone groups is 1. The van der Waals surface area contributed by atoms with Crippen molar-refractivity contribution in [3.8, 4) is 5.75 Å². The minimum absolute atomic E-state index is 0.00146. The standard InChI is InChI=1S/C13H17Br3N4O4.C2H4/c1-4-17-18-24-20(3,23)12-9(14)8(7-19(2)5-6-21)10(15)13(22)11(12)16;1-2/h18,21,23H,1,5-7H2,2-3H3;1-2H2/p+1. The number of hydrogen-bond donors (Lipinski definition) is 4. The number of phenolic OH excluding ortho intramolecular Hbond substituents is 1. The molecule has 0 aliphatic heterocycles. The van der Waals surface area contributed by atoms with Crippen molar-refractivity contribution in [1.82, 2.24) is 15.3 Å². The summed E-state index contributed by atoms with van der Waals surface area (Å²) < 4.78 is 1.18. The Bertz CT molecular complexity index is 667. The molecule has 0 aliphatic carbocycles. The highest BCUT2D eigenvalue weighted by atomic mass is 79.9. The molecule has 146 valence electrons. The molecule has 0 radical (unpaired) electrons. The molecule has 0 saturated carbocycles. The second kappa shape index (κ2) is 11.9. The topological polar surface area (TPSA) is 97.6 Å². The number of rotatable bonds is 8. The molecule has 0 spiro atoms. The average Bonchev–Trinajstić information content (AvgIpc) is 2.59. The van der Waals surface area contributed by atoms with E-state index in [4.69, 9.17) is 10.0 Å². The first-order valence-corrected chi connectivity index (χ1v) is 9.48. The third-order valence-corrected chi connectivity index (χ3v) is 5.49. The van der Waals surface area contributed by atoms with Crippen molar-refractivity contribution >= 4 is 59.3 Å². The van der Waals surface area contributed by atoms with Gasteiger partial charge >= 0.3 is 0 Å². The van der Waals surface area contributed by atoms with Gasteiger partial charge in [-0.1, -0.05) is 0 Å². The Kier molecular flexibility index (Phi) is 11.5. The quantitative estimate of drug-likeness (QED) is 0.168. The predicted octanol–water partition coefficient (Wildman–Crippen LogP) is 3.44. The highest BCUT2D eigenvalue weighted by Gasteiger charge is 2.37. The first kappa shape index (κ1) is 25.2. The van der Waals surface area contributed by atoms with Gasteiger partial charge in [-0.05, 0) is 66.4 Å². The molecule has 1 rings (SSSR count). The van der Waals surface area contributed by atoms with Crippen LogP contribution in [-0.4, -0.2) is 53.4 Å². The van der Waals surface area contributed by atoms with Gasteiger partial charge in [0.05, 0.1) is 15.6 Å². The number of hydroxylamine groups is 2. The lowest BCUT2D eigenvalue weighted by Gasteiger charge is -2.25. The second-order valence-corrected chi connectivity index (χ2v) is 7.29. The SMILES string of the molecule is C=C.C=C=NNO[N+](C)(O)c1c(Br)c(O)c(Br)c(CN(C)CCO)c1Br. The summed E-state index contributed by atoms with van der Waals surface area (Å²) in [7, 11) is 3.14. The fourth-order valence-electron chi connectivity index (χ4n) is 1.89. The molecule has 1 aromatic rings. The largest absolute Gasteiger partial charge is 0.505 e. The van der Waals surface area contributed by atoms with Crippen LogP contribution in [0.1, 0.15) is 5.56 Å². The molecule has 0 fully saturated rings. The van der Waals surface area contributed by atoms with Gasteiger partial charge in [0.1, 0.15) is 11.5 Å². The molecular weight excluding hydrogens is 540 g/mol. The van der Waals surface area contributed by atoms with E-state index < -0.39 is 4.81 Å². The fourth-order valence-corrected chi connectivity index (χ4v) is 4.78. The molecular formula is C15H22Br3N4O4+. The van der Waals surface area contributed by atoms with Crippen molar-refractivity contribution in [3.05, 3.63) is 38.7 Å². The first-order chi connectivity index (χ1) is 12.2. The summed E-state index contributed by atoms with van der Waals surface area (Å²) in [6.07, 6.45) is 0. The van der Waals surface area contributed by atoms with Crippen molar-refractivity contribution in [1.29, 1.82) is 0 Å². The maximum Gasteiger partial charge on any atom is 0.234 e. The van der Waals surface area contributed by atoms with Crippen LogP contribution >= 0.6 is 47.8 Å². The molecule has 4 N–H and O–H groups in total. The number of aliphatic hydroxyl groups is 1. The van der Waals surface area contributed by atoms with E-state index in [1.54, 1.807) is 0 Å². The van der Waals surface area contributed by atoms with Crippen LogP contribution in [0, 0.1) is 0 Å². The van der Waals surface area contributed by atoms with Gasteiger partial charge in [-0.25, -0.2) is 0 Å². The Hall–Kier alpha value is -0.750. The van der Waals surface area contributed by atoms with Crippen LogP contribution in [0.5, 0.6) is 5.75 Å². The smallest absolute Gasteiger partial charge is 0.234 e. The highest BCUT2D eigenvalue weighted by Crippen LogP contribution is 2.49. The summed E-state index contributed by atoms with van der Waals surface area (Å²) in [5.74, 6) is 2.10. The van der Waals surface area contributed by atoms with E-state index in [2.05, 4.69) is 84.1 Å². The highest BCUT2D eigenvalue weighted by molar-refractivity contribution is 9.11. The lowest BCUT2D eigenvalue weighted by atomic mass is 10.1. The zero-order chi connectivity index (χ0) is 20.5. The fraction of sp³-hybridized carbons (Fsp3) is 0.333. The summed E-state index contributed by atoms with van der Waals surface area (Å²) >= 11 is 10.0. The third-order valence-electron chi connectivity index (χ3n) is 3.03. The van der Waals surface area contributed by atoms with Crippen LogP contribution in [0.2, 0.25) is 0 Å². The Morgan fingerprint density at radius 3 is 2.35 bits per heavy atom. The second-order valence-electron chi connectivity index (χ2n) is 4.91. The van der Waals surface area contributed by atoms with E-state index in [9.17, 15) is 10.3 Å². The Morgan fingerprint density at radius 1 is 1.27 bits per heavy atom. The lowest BCUT2D eigenvalue weighted by molar-refractivity contribution is -0.340. The molecule has 0 heterocycles. The molecule has 1 atom stereocenters. The summed E-state index contributed by atoms with van der Waals surface area (Å²) in [6, 6.07) is 0. The number of quaternary nitrogens is 1. The Morgan fingerprint density at radius 2 is 1.85 bits per heavy atom. The van der Waals surface area contributed by atoms with E-state index in [-0.39, 0.29) is 22.5 Å². The summed E-state index contributed by atoms with van der Waals surface area (Å²) in [6.45, 7) is 10.1. The zero-order valence-corrected chi connectivity index (χ0v) is 19.2. The van der Waals surface area contributed by atoms with Gasteiger partial charge in [-0.2, -0.15) is 5.21 Å². The van der Waals surface area contributed by atoms with Crippen molar-refractivity contribution in [3.63, 3.8) is 0 Å². The number of aliphatic hydroxyl groups excluding tert-OH is 1. The summed E-state index contributed by atoms with van der Waals surface area (Å²) in [5, 5.41) is 33.4. The molecule has 1 aromatic carbocycles. The molecule has 8 nitrogen and oxygen atoms in total. The van der Waals surface area contributed by atoms with E-state index in [0.717, 1.165) is 0 Å². The Balaban J connectivity index is 0.00000301. The minimum Gasteiger partial charge on any atom is -0.505 e. The van der Waals surface area contributed by atoms with Crippen LogP contribution in [0.4, 0.5) is 5.69 Å². The maximum atomic E-state index is 10.6. The molecule has 11 heteroatoms. The zero-order valence-electron chi connectivity index (χ0n) is 14.5. The van der Waals surface area contributed by atoms with Gasteiger partial charge in [0.15, 0.2) is 5.75 Å². The molecule has 0 amide bonds. The van der Waals surface area contributed by atoms with E-state index in [0.29, 0.717) is 27.6 Å². The van der Waals surface area contributed by atoms with Crippen molar-refractivity contribution in [2.24, 2.45) is 5.10 Å². The van der Waals surface area contributed by atoms with E-state index in [1.807, 2.05) is 11.9 Å². The number of likely N-dealkylation sites (N-methyl/N-ethyl adjacent to an activating group) is 1. The molecule has 0 bridgehead atoms. The predicted molar refractivity (Wildman–Crippen MR) is 113 cm³/mol. The van der Waals surface area contributed by atoms with Gasteiger partial charge < -0.3 is 10.2 Å². The maximum absolute atomic E-state index is 10.6. The average molecular weight is 562 g/mol. The number of phenols is 1.